The summed E-state index contributed by atoms with van der Waals surface area (Å²) in [6.45, 7) is 0. The van der Waals surface area contributed by atoms with Crippen molar-refractivity contribution in [3.8, 4) is 11.8 Å². The monoisotopic (exact) mass is 288 g/mol. The van der Waals surface area contributed by atoms with Crippen molar-refractivity contribution in [3.63, 3.8) is 0 Å². The van der Waals surface area contributed by atoms with Gasteiger partial charge in [-0.2, -0.15) is 5.26 Å². The van der Waals surface area contributed by atoms with Gasteiger partial charge in [-0.3, -0.25) is 4.72 Å². The molecule has 0 aromatic heterocycles. The molecular formula is C14H12N2O3S. The molecule has 102 valence electrons. The maximum absolute atomic E-state index is 12.3. The van der Waals surface area contributed by atoms with Crippen LogP contribution in [0.15, 0.2) is 53.4 Å². The molecule has 2 aromatic rings. The number of nitriles is 1. The number of ether oxygens (including phenoxy) is 1. The number of rotatable bonds is 4. The van der Waals surface area contributed by atoms with Crippen molar-refractivity contribution in [2.75, 3.05) is 11.8 Å². The molecule has 0 unspecified atom stereocenters. The van der Waals surface area contributed by atoms with Gasteiger partial charge in [-0.25, -0.2) is 8.42 Å². The van der Waals surface area contributed by atoms with Crippen molar-refractivity contribution in [1.29, 1.82) is 5.26 Å². The van der Waals surface area contributed by atoms with E-state index in [4.69, 9.17) is 10.00 Å². The van der Waals surface area contributed by atoms with Crippen LogP contribution in [-0.2, 0) is 10.0 Å². The highest BCUT2D eigenvalue weighted by Crippen LogP contribution is 2.30. The number of hydrogen-bond donors (Lipinski definition) is 1. The van der Waals surface area contributed by atoms with Crippen molar-refractivity contribution < 1.29 is 13.2 Å². The van der Waals surface area contributed by atoms with E-state index in [1.165, 1.54) is 25.3 Å². The third kappa shape index (κ3) is 2.73. The fraction of sp³-hybridized carbons (Fsp3) is 0.0714. The van der Waals surface area contributed by atoms with Crippen molar-refractivity contribution in [1.82, 2.24) is 0 Å². The van der Waals surface area contributed by atoms with Crippen LogP contribution in [-0.4, -0.2) is 15.5 Å². The Kier molecular flexibility index (Phi) is 3.91. The van der Waals surface area contributed by atoms with Gasteiger partial charge >= 0.3 is 0 Å². The van der Waals surface area contributed by atoms with Crippen LogP contribution in [0.25, 0.3) is 0 Å². The molecule has 0 aliphatic heterocycles. The largest absolute Gasteiger partial charge is 0.495 e. The van der Waals surface area contributed by atoms with Crippen LogP contribution < -0.4 is 9.46 Å². The molecule has 0 spiro atoms. The van der Waals surface area contributed by atoms with Crippen LogP contribution in [0.2, 0.25) is 0 Å². The Morgan fingerprint density at radius 3 is 2.40 bits per heavy atom. The van der Waals surface area contributed by atoms with E-state index < -0.39 is 10.0 Å². The molecule has 0 fully saturated rings. The van der Waals surface area contributed by atoms with Crippen LogP contribution in [0.3, 0.4) is 0 Å². The van der Waals surface area contributed by atoms with E-state index in [2.05, 4.69) is 4.72 Å². The third-order valence-electron chi connectivity index (χ3n) is 2.66. The second-order valence-electron chi connectivity index (χ2n) is 3.91. The minimum absolute atomic E-state index is 0.120. The molecule has 0 radical (unpaired) electrons. The fourth-order valence-corrected chi connectivity index (χ4v) is 2.81. The predicted molar refractivity (Wildman–Crippen MR) is 75.0 cm³/mol. The Morgan fingerprint density at radius 1 is 1.10 bits per heavy atom. The number of para-hydroxylation sites is 1. The van der Waals surface area contributed by atoms with E-state index in [0.29, 0.717) is 5.75 Å². The van der Waals surface area contributed by atoms with Gasteiger partial charge < -0.3 is 4.74 Å². The Hall–Kier alpha value is -2.52. The number of benzene rings is 2. The maximum Gasteiger partial charge on any atom is 0.262 e. The van der Waals surface area contributed by atoms with Gasteiger partial charge in [0, 0.05) is 0 Å². The first-order valence-electron chi connectivity index (χ1n) is 5.73. The summed E-state index contributed by atoms with van der Waals surface area (Å²) in [5, 5.41) is 9.07. The van der Waals surface area contributed by atoms with E-state index in [9.17, 15) is 8.42 Å². The Balaban J connectivity index is 2.48. The highest BCUT2D eigenvalue weighted by Gasteiger charge is 2.18. The molecular weight excluding hydrogens is 276 g/mol. The molecule has 20 heavy (non-hydrogen) atoms. The van der Waals surface area contributed by atoms with Crippen molar-refractivity contribution in [2.45, 2.75) is 4.90 Å². The molecule has 0 amide bonds. The number of methoxy groups -OCH3 is 1. The molecule has 0 bridgehead atoms. The summed E-state index contributed by atoms with van der Waals surface area (Å²) in [7, 11) is -2.35. The standard InChI is InChI=1S/C14H12N2O3S/c1-19-13-9-5-6-11(10-15)14(13)16-20(17,18)12-7-3-2-4-8-12/h2-9,16H,1H3. The topological polar surface area (TPSA) is 79.2 Å². The van der Waals surface area contributed by atoms with Crippen molar-refractivity contribution >= 4 is 15.7 Å². The summed E-state index contributed by atoms with van der Waals surface area (Å²) in [4.78, 5) is 0.120. The molecule has 0 aliphatic rings. The Labute approximate surface area is 117 Å². The molecule has 0 aliphatic carbocycles. The summed E-state index contributed by atoms with van der Waals surface area (Å²) in [5.74, 6) is 0.295. The molecule has 2 aromatic carbocycles. The molecule has 0 heterocycles. The van der Waals surface area contributed by atoms with Crippen LogP contribution in [0.4, 0.5) is 5.69 Å². The zero-order valence-corrected chi connectivity index (χ0v) is 11.5. The van der Waals surface area contributed by atoms with Crippen molar-refractivity contribution in [3.05, 3.63) is 54.1 Å². The van der Waals surface area contributed by atoms with Gasteiger partial charge in [0.1, 0.15) is 17.5 Å². The average molecular weight is 288 g/mol. The second kappa shape index (κ2) is 5.63. The zero-order chi connectivity index (χ0) is 14.6. The summed E-state index contributed by atoms with van der Waals surface area (Å²) >= 11 is 0. The second-order valence-corrected chi connectivity index (χ2v) is 5.60. The fourth-order valence-electron chi connectivity index (χ4n) is 1.69. The summed E-state index contributed by atoms with van der Waals surface area (Å²) in [6.07, 6.45) is 0. The molecule has 1 N–H and O–H groups in total. The summed E-state index contributed by atoms with van der Waals surface area (Å²) < 4.78 is 32.0. The van der Waals surface area contributed by atoms with E-state index in [1.54, 1.807) is 30.3 Å². The van der Waals surface area contributed by atoms with Gasteiger partial charge in [-0.15, -0.1) is 0 Å². The van der Waals surface area contributed by atoms with Gasteiger partial charge in [0.15, 0.2) is 0 Å². The normalized spacial score (nSPS) is 10.6. The SMILES string of the molecule is COc1cccc(C#N)c1NS(=O)(=O)c1ccccc1. The van der Waals surface area contributed by atoms with Crippen LogP contribution in [0.1, 0.15) is 5.56 Å². The maximum atomic E-state index is 12.3. The number of nitrogens with one attached hydrogen (secondary N) is 1. The smallest absolute Gasteiger partial charge is 0.262 e. The summed E-state index contributed by atoms with van der Waals surface area (Å²) in [5.41, 5.74) is 0.338. The van der Waals surface area contributed by atoms with E-state index in [-0.39, 0.29) is 16.1 Å². The molecule has 6 heteroatoms. The zero-order valence-electron chi connectivity index (χ0n) is 10.7. The first kappa shape index (κ1) is 13.9. The first-order chi connectivity index (χ1) is 9.58. The van der Waals surface area contributed by atoms with E-state index >= 15 is 0 Å². The predicted octanol–water partition coefficient (Wildman–Crippen LogP) is 2.37. The lowest BCUT2D eigenvalue weighted by Crippen LogP contribution is -2.14. The lowest BCUT2D eigenvalue weighted by atomic mass is 10.2. The number of nitrogens with zero attached hydrogens (tertiary/aromatic N) is 1. The average Bonchev–Trinajstić information content (AvgIpc) is 2.48. The van der Waals surface area contributed by atoms with Gasteiger partial charge in [0.25, 0.3) is 10.0 Å². The van der Waals surface area contributed by atoms with E-state index in [1.807, 2.05) is 6.07 Å². The van der Waals surface area contributed by atoms with Gasteiger partial charge in [0.05, 0.1) is 17.6 Å². The Bertz CT molecular complexity index is 750. The lowest BCUT2D eigenvalue weighted by molar-refractivity contribution is 0.417. The summed E-state index contributed by atoms with van der Waals surface area (Å²) in [6, 6.07) is 14.6. The number of hydrogen-bond acceptors (Lipinski definition) is 4. The van der Waals surface area contributed by atoms with Crippen LogP contribution >= 0.6 is 0 Å². The number of sulfonamides is 1. The molecule has 0 saturated carbocycles. The highest BCUT2D eigenvalue weighted by atomic mass is 32.2. The van der Waals surface area contributed by atoms with Gasteiger partial charge in [0.2, 0.25) is 0 Å². The lowest BCUT2D eigenvalue weighted by Gasteiger charge is -2.13. The molecule has 2 rings (SSSR count). The van der Waals surface area contributed by atoms with Crippen molar-refractivity contribution in [2.24, 2.45) is 0 Å². The van der Waals surface area contributed by atoms with E-state index in [0.717, 1.165) is 0 Å². The highest BCUT2D eigenvalue weighted by molar-refractivity contribution is 7.92. The number of anilines is 1. The quantitative estimate of drug-likeness (QED) is 0.936. The minimum Gasteiger partial charge on any atom is -0.495 e. The first-order valence-corrected chi connectivity index (χ1v) is 7.22. The molecule has 0 atom stereocenters. The molecule has 0 saturated heterocycles. The third-order valence-corrected chi connectivity index (χ3v) is 4.02. The molecule has 5 nitrogen and oxygen atoms in total. The van der Waals surface area contributed by atoms with Crippen LogP contribution in [0, 0.1) is 11.3 Å². The van der Waals surface area contributed by atoms with Crippen LogP contribution in [0.5, 0.6) is 5.75 Å². The van der Waals surface area contributed by atoms with Gasteiger partial charge in [-0.05, 0) is 24.3 Å². The van der Waals surface area contributed by atoms with Gasteiger partial charge in [-0.1, -0.05) is 24.3 Å². The Morgan fingerprint density at radius 2 is 1.80 bits per heavy atom. The minimum atomic E-state index is -3.76.